The van der Waals surface area contributed by atoms with Gasteiger partial charge in [-0.2, -0.15) is 0 Å². The van der Waals surface area contributed by atoms with Gasteiger partial charge >= 0.3 is 0 Å². The third-order valence-corrected chi connectivity index (χ3v) is 5.55. The zero-order valence-electron chi connectivity index (χ0n) is 10.1. The molecule has 1 heterocycles. The van der Waals surface area contributed by atoms with Crippen LogP contribution in [0.25, 0.3) is 10.9 Å². The van der Waals surface area contributed by atoms with E-state index in [1.54, 1.807) is 38.2 Å². The summed E-state index contributed by atoms with van der Waals surface area (Å²) in [5, 5.41) is 9.50. The minimum absolute atomic E-state index is 0.124. The molecule has 0 aliphatic rings. The van der Waals surface area contributed by atoms with Gasteiger partial charge in [0.2, 0.25) is 10.0 Å². The molecule has 1 aromatic carbocycles. The third-order valence-electron chi connectivity index (χ3n) is 2.83. The number of aliphatic hydroxyl groups excluding tert-OH is 1. The van der Waals surface area contributed by atoms with Crippen molar-refractivity contribution in [1.29, 1.82) is 0 Å². The van der Waals surface area contributed by atoms with Gasteiger partial charge in [-0.05, 0) is 37.6 Å². The predicted molar refractivity (Wildman–Crippen MR) is 75.0 cm³/mol. The first-order valence-corrected chi connectivity index (χ1v) is 7.82. The maximum absolute atomic E-state index is 12.2. The van der Waals surface area contributed by atoms with Crippen LogP contribution in [-0.4, -0.2) is 22.7 Å². The fraction of sp³-hybridized carbons (Fsp3) is 0.333. The number of halogens is 1. The van der Waals surface area contributed by atoms with E-state index < -0.39 is 15.3 Å². The van der Waals surface area contributed by atoms with E-state index in [0.29, 0.717) is 11.1 Å². The number of hydrogen-bond donors (Lipinski definition) is 1. The maximum atomic E-state index is 12.2. The molecule has 0 saturated heterocycles. The highest BCUT2D eigenvalue weighted by molar-refractivity contribution is 9.10. The monoisotopic (exact) mass is 331 g/mol. The van der Waals surface area contributed by atoms with Crippen LogP contribution in [-0.2, 0) is 16.6 Å². The van der Waals surface area contributed by atoms with Crippen molar-refractivity contribution in [3.63, 3.8) is 0 Å². The molecule has 1 aromatic heterocycles. The lowest BCUT2D eigenvalue weighted by molar-refractivity contribution is 0.282. The Morgan fingerprint density at radius 2 is 2.06 bits per heavy atom. The first kappa shape index (κ1) is 13.6. The van der Waals surface area contributed by atoms with Gasteiger partial charge in [-0.1, -0.05) is 15.9 Å². The van der Waals surface area contributed by atoms with E-state index in [9.17, 15) is 13.5 Å². The lowest BCUT2D eigenvalue weighted by atomic mass is 10.2. The highest BCUT2D eigenvalue weighted by atomic mass is 79.9. The molecule has 0 unspecified atom stereocenters. The Morgan fingerprint density at radius 1 is 1.39 bits per heavy atom. The first-order chi connectivity index (χ1) is 8.37. The average molecular weight is 332 g/mol. The van der Waals surface area contributed by atoms with Crippen LogP contribution in [0.1, 0.15) is 19.4 Å². The molecule has 2 rings (SSSR count). The van der Waals surface area contributed by atoms with Gasteiger partial charge in [0.15, 0.2) is 0 Å². The van der Waals surface area contributed by atoms with Gasteiger partial charge in [-0.25, -0.2) is 12.4 Å². The summed E-state index contributed by atoms with van der Waals surface area (Å²) >= 11 is 3.39. The Morgan fingerprint density at radius 3 is 2.61 bits per heavy atom. The minimum atomic E-state index is -3.39. The van der Waals surface area contributed by atoms with Crippen LogP contribution < -0.4 is 0 Å². The predicted octanol–water partition coefficient (Wildman–Crippen LogP) is 2.48. The van der Waals surface area contributed by atoms with E-state index in [1.165, 1.54) is 3.97 Å². The summed E-state index contributed by atoms with van der Waals surface area (Å²) in [7, 11) is -3.39. The fourth-order valence-electron chi connectivity index (χ4n) is 1.77. The van der Waals surface area contributed by atoms with E-state index in [4.69, 9.17) is 0 Å². The number of aliphatic hydroxyl groups is 1. The molecule has 6 heteroatoms. The highest BCUT2D eigenvalue weighted by Gasteiger charge is 2.21. The summed E-state index contributed by atoms with van der Waals surface area (Å²) in [5.41, 5.74) is 1.26. The Kier molecular flexibility index (Phi) is 3.53. The molecule has 2 aromatic rings. The molecule has 1 N–H and O–H groups in total. The van der Waals surface area contributed by atoms with Crippen molar-refractivity contribution < 1.29 is 13.5 Å². The molecule has 98 valence electrons. The van der Waals surface area contributed by atoms with Gasteiger partial charge in [0.1, 0.15) is 0 Å². The van der Waals surface area contributed by atoms with E-state index in [0.717, 1.165) is 9.86 Å². The second-order valence-electron chi connectivity index (χ2n) is 4.37. The van der Waals surface area contributed by atoms with E-state index in [2.05, 4.69) is 15.9 Å². The van der Waals surface area contributed by atoms with Crippen LogP contribution >= 0.6 is 15.9 Å². The molecule has 0 spiro atoms. The summed E-state index contributed by atoms with van der Waals surface area (Å²) in [6.45, 7) is 3.17. The summed E-state index contributed by atoms with van der Waals surface area (Å²) in [5.74, 6) is 0. The lowest BCUT2D eigenvalue weighted by Crippen LogP contribution is -2.21. The van der Waals surface area contributed by atoms with Gasteiger partial charge in [0.05, 0.1) is 17.4 Å². The topological polar surface area (TPSA) is 59.3 Å². The molecular formula is C12H14BrNO3S. The Hall–Kier alpha value is -0.850. The number of aromatic nitrogens is 1. The molecule has 0 fully saturated rings. The summed E-state index contributed by atoms with van der Waals surface area (Å²) < 4.78 is 26.5. The smallest absolute Gasteiger partial charge is 0.241 e. The molecule has 0 radical (unpaired) electrons. The van der Waals surface area contributed by atoms with Gasteiger partial charge in [-0.3, -0.25) is 0 Å². The van der Waals surface area contributed by atoms with Gasteiger partial charge < -0.3 is 5.11 Å². The quantitative estimate of drug-likeness (QED) is 0.939. The van der Waals surface area contributed by atoms with Crippen LogP contribution in [0.3, 0.4) is 0 Å². The van der Waals surface area contributed by atoms with Crippen LogP contribution in [0.15, 0.2) is 28.9 Å². The molecular weight excluding hydrogens is 318 g/mol. The standard InChI is InChI=1S/C12H14BrNO3S/c1-8(2)18(16,17)14-4-3-10-11(13)5-9(7-15)6-12(10)14/h3-6,8,15H,7H2,1-2H3. The molecule has 0 amide bonds. The van der Waals surface area contributed by atoms with Crippen molar-refractivity contribution in [1.82, 2.24) is 3.97 Å². The Labute approximate surface area is 114 Å². The molecule has 0 atom stereocenters. The van der Waals surface area contributed by atoms with Gasteiger partial charge in [-0.15, -0.1) is 0 Å². The van der Waals surface area contributed by atoms with Crippen LogP contribution in [0.4, 0.5) is 0 Å². The van der Waals surface area contributed by atoms with Gasteiger partial charge in [0, 0.05) is 16.1 Å². The number of hydrogen-bond acceptors (Lipinski definition) is 3. The van der Waals surface area contributed by atoms with Crippen molar-refractivity contribution in [2.24, 2.45) is 0 Å². The Bertz CT molecular complexity index is 689. The second-order valence-corrected chi connectivity index (χ2v) is 7.59. The van der Waals surface area contributed by atoms with Crippen molar-refractivity contribution in [2.45, 2.75) is 25.7 Å². The lowest BCUT2D eigenvalue weighted by Gasteiger charge is -2.11. The average Bonchev–Trinajstić information content (AvgIpc) is 2.73. The number of benzene rings is 1. The SMILES string of the molecule is CC(C)S(=O)(=O)n1ccc2c(Br)cc(CO)cc21. The maximum Gasteiger partial charge on any atom is 0.241 e. The minimum Gasteiger partial charge on any atom is -0.392 e. The fourth-order valence-corrected chi connectivity index (χ4v) is 3.51. The first-order valence-electron chi connectivity index (χ1n) is 5.52. The normalized spacial score (nSPS) is 12.5. The molecule has 0 aliphatic carbocycles. The van der Waals surface area contributed by atoms with Crippen LogP contribution in [0, 0.1) is 0 Å². The molecule has 0 aliphatic heterocycles. The van der Waals surface area contributed by atoms with E-state index in [1.807, 2.05) is 0 Å². The van der Waals surface area contributed by atoms with Gasteiger partial charge in [0.25, 0.3) is 0 Å². The molecule has 18 heavy (non-hydrogen) atoms. The summed E-state index contributed by atoms with van der Waals surface area (Å²) in [4.78, 5) is 0. The van der Waals surface area contributed by atoms with Crippen molar-refractivity contribution in [3.05, 3.63) is 34.4 Å². The molecule has 4 nitrogen and oxygen atoms in total. The second kappa shape index (κ2) is 4.68. The van der Waals surface area contributed by atoms with Crippen LogP contribution in [0.5, 0.6) is 0 Å². The number of rotatable bonds is 3. The molecule has 0 saturated carbocycles. The third kappa shape index (κ3) is 2.08. The van der Waals surface area contributed by atoms with E-state index in [-0.39, 0.29) is 6.61 Å². The van der Waals surface area contributed by atoms with Crippen molar-refractivity contribution >= 4 is 36.9 Å². The van der Waals surface area contributed by atoms with Crippen molar-refractivity contribution in [2.75, 3.05) is 0 Å². The van der Waals surface area contributed by atoms with E-state index >= 15 is 0 Å². The Balaban J connectivity index is 2.79. The highest BCUT2D eigenvalue weighted by Crippen LogP contribution is 2.28. The molecule has 0 bridgehead atoms. The summed E-state index contributed by atoms with van der Waals surface area (Å²) in [6.07, 6.45) is 1.55. The number of fused-ring (bicyclic) bond motifs is 1. The number of nitrogens with zero attached hydrogens (tertiary/aromatic N) is 1. The zero-order chi connectivity index (χ0) is 13.5. The van der Waals surface area contributed by atoms with Crippen molar-refractivity contribution in [3.8, 4) is 0 Å². The largest absolute Gasteiger partial charge is 0.392 e. The zero-order valence-corrected chi connectivity index (χ0v) is 12.5. The summed E-state index contributed by atoms with van der Waals surface area (Å²) in [6, 6.07) is 5.23. The van der Waals surface area contributed by atoms with Crippen LogP contribution in [0.2, 0.25) is 0 Å².